The zero-order valence-electron chi connectivity index (χ0n) is 18.5. The zero-order valence-corrected chi connectivity index (χ0v) is 19.4. The van der Waals surface area contributed by atoms with Crippen molar-refractivity contribution in [1.29, 1.82) is 0 Å². The monoisotopic (exact) mass is 448 g/mol. The average molecular weight is 449 g/mol. The van der Waals surface area contributed by atoms with Crippen LogP contribution in [0.1, 0.15) is 40.1 Å². The predicted octanol–water partition coefficient (Wildman–Crippen LogP) is 3.04. The Morgan fingerprint density at radius 2 is 1.74 bits per heavy atom. The molecule has 1 N–H and O–H groups in total. The number of hydrogen-bond acceptors (Lipinski definition) is 6. The Bertz CT molecular complexity index is 1090. The SMILES string of the molecule is COC(=O)c1cc(S(=O)(=O)N(CC(C)C)c2ccc(C(=O)N(C)C)cc2C)ccc1O. The summed E-state index contributed by atoms with van der Waals surface area (Å²) < 4.78 is 33.0. The number of amides is 1. The number of nitrogens with zero attached hydrogens (tertiary/aromatic N) is 2. The van der Waals surface area contributed by atoms with Gasteiger partial charge in [0.2, 0.25) is 0 Å². The first kappa shape index (κ1) is 24.2. The van der Waals surface area contributed by atoms with Crippen LogP contribution >= 0.6 is 0 Å². The lowest BCUT2D eigenvalue weighted by Gasteiger charge is -2.28. The molecular formula is C22H28N2O6S. The third-order valence-corrected chi connectivity index (χ3v) is 6.39. The molecule has 0 unspecified atom stereocenters. The van der Waals surface area contributed by atoms with Crippen LogP contribution in [-0.4, -0.2) is 58.1 Å². The minimum Gasteiger partial charge on any atom is -0.507 e. The lowest BCUT2D eigenvalue weighted by Crippen LogP contribution is -2.35. The second-order valence-electron chi connectivity index (χ2n) is 7.80. The van der Waals surface area contributed by atoms with Crippen molar-refractivity contribution in [3.8, 4) is 5.75 Å². The molecule has 0 bridgehead atoms. The lowest BCUT2D eigenvalue weighted by atomic mass is 10.1. The summed E-state index contributed by atoms with van der Waals surface area (Å²) in [4.78, 5) is 25.5. The Kier molecular flexibility index (Phi) is 7.32. The van der Waals surface area contributed by atoms with Crippen LogP contribution in [0.25, 0.3) is 0 Å². The molecule has 2 aromatic carbocycles. The van der Waals surface area contributed by atoms with Crippen molar-refractivity contribution in [3.63, 3.8) is 0 Å². The smallest absolute Gasteiger partial charge is 0.341 e. The third kappa shape index (κ3) is 5.16. The minimum atomic E-state index is -4.08. The summed E-state index contributed by atoms with van der Waals surface area (Å²) in [5, 5.41) is 9.93. The summed E-state index contributed by atoms with van der Waals surface area (Å²) in [6, 6.07) is 8.33. The quantitative estimate of drug-likeness (QED) is 0.653. The van der Waals surface area contributed by atoms with Crippen molar-refractivity contribution >= 4 is 27.6 Å². The van der Waals surface area contributed by atoms with Gasteiger partial charge in [0.1, 0.15) is 11.3 Å². The molecule has 168 valence electrons. The number of esters is 1. The number of hydrogen-bond donors (Lipinski definition) is 1. The molecule has 0 saturated carbocycles. The van der Waals surface area contributed by atoms with Crippen LogP contribution in [0, 0.1) is 12.8 Å². The molecule has 9 heteroatoms. The van der Waals surface area contributed by atoms with Gasteiger partial charge >= 0.3 is 5.97 Å². The van der Waals surface area contributed by atoms with E-state index >= 15 is 0 Å². The van der Waals surface area contributed by atoms with E-state index in [1.54, 1.807) is 39.2 Å². The molecule has 0 atom stereocenters. The molecule has 31 heavy (non-hydrogen) atoms. The maximum atomic E-state index is 13.5. The fourth-order valence-electron chi connectivity index (χ4n) is 3.06. The van der Waals surface area contributed by atoms with Crippen molar-refractivity contribution in [2.75, 3.05) is 32.1 Å². The maximum absolute atomic E-state index is 13.5. The van der Waals surface area contributed by atoms with Crippen LogP contribution in [-0.2, 0) is 14.8 Å². The van der Waals surface area contributed by atoms with Crippen LogP contribution in [0.15, 0.2) is 41.3 Å². The van der Waals surface area contributed by atoms with E-state index in [2.05, 4.69) is 4.74 Å². The van der Waals surface area contributed by atoms with Crippen molar-refractivity contribution in [3.05, 3.63) is 53.1 Å². The Morgan fingerprint density at radius 3 is 2.26 bits per heavy atom. The number of aryl methyl sites for hydroxylation is 1. The molecule has 2 aromatic rings. The first-order valence-electron chi connectivity index (χ1n) is 9.66. The van der Waals surface area contributed by atoms with E-state index in [0.29, 0.717) is 16.8 Å². The number of carbonyl (C=O) groups excluding carboxylic acids is 2. The molecule has 2 rings (SSSR count). The van der Waals surface area contributed by atoms with E-state index in [9.17, 15) is 23.1 Å². The summed E-state index contributed by atoms with van der Waals surface area (Å²) in [5.74, 6) is -1.40. The molecule has 0 aliphatic heterocycles. The maximum Gasteiger partial charge on any atom is 0.341 e. The van der Waals surface area contributed by atoms with Crippen LogP contribution in [0.2, 0.25) is 0 Å². The van der Waals surface area contributed by atoms with Crippen LogP contribution in [0.5, 0.6) is 5.75 Å². The van der Waals surface area contributed by atoms with Gasteiger partial charge in [-0.1, -0.05) is 13.8 Å². The van der Waals surface area contributed by atoms with Gasteiger partial charge in [-0.2, -0.15) is 0 Å². The molecule has 1 amide bonds. The fourth-order valence-corrected chi connectivity index (χ4v) is 4.78. The first-order valence-corrected chi connectivity index (χ1v) is 11.1. The Morgan fingerprint density at radius 1 is 1.10 bits per heavy atom. The number of aromatic hydroxyl groups is 1. The third-order valence-electron chi connectivity index (χ3n) is 4.61. The number of carbonyl (C=O) groups is 2. The van der Waals surface area contributed by atoms with E-state index in [0.717, 1.165) is 19.2 Å². The molecule has 8 nitrogen and oxygen atoms in total. The zero-order chi connectivity index (χ0) is 23.5. The van der Waals surface area contributed by atoms with Crippen molar-refractivity contribution in [2.24, 2.45) is 5.92 Å². The molecular weight excluding hydrogens is 420 g/mol. The largest absolute Gasteiger partial charge is 0.507 e. The second kappa shape index (κ2) is 9.38. The number of phenolic OH excluding ortho intramolecular Hbond substituents is 1. The molecule has 0 radical (unpaired) electrons. The highest BCUT2D eigenvalue weighted by atomic mass is 32.2. The first-order chi connectivity index (χ1) is 14.4. The van der Waals surface area contributed by atoms with Crippen LogP contribution < -0.4 is 4.31 Å². The Balaban J connectivity index is 2.61. The minimum absolute atomic E-state index is 0.00514. The normalized spacial score (nSPS) is 11.3. The van der Waals surface area contributed by atoms with Gasteiger partial charge in [-0.3, -0.25) is 9.10 Å². The molecule has 0 aliphatic carbocycles. The molecule has 0 fully saturated rings. The highest BCUT2D eigenvalue weighted by Crippen LogP contribution is 2.31. The van der Waals surface area contributed by atoms with E-state index < -0.39 is 16.0 Å². The van der Waals surface area contributed by atoms with Gasteiger partial charge in [-0.25, -0.2) is 13.2 Å². The molecule has 0 spiro atoms. The summed E-state index contributed by atoms with van der Waals surface area (Å²) in [7, 11) is 0.351. The van der Waals surface area contributed by atoms with Gasteiger partial charge < -0.3 is 14.7 Å². The fraction of sp³-hybridized carbons (Fsp3) is 0.364. The van der Waals surface area contributed by atoms with E-state index in [-0.39, 0.29) is 34.6 Å². The van der Waals surface area contributed by atoms with Crippen molar-refractivity contribution < 1.29 is 27.9 Å². The summed E-state index contributed by atoms with van der Waals surface area (Å²) in [5.41, 5.74) is 1.25. The highest BCUT2D eigenvalue weighted by Gasteiger charge is 2.29. The standard InChI is InChI=1S/C22H28N2O6S/c1-14(2)13-24(19-9-7-16(11-15(19)3)21(26)23(4)5)31(28,29)17-8-10-20(25)18(12-17)22(27)30-6/h7-12,14,25H,13H2,1-6H3. The molecule has 0 heterocycles. The topological polar surface area (TPSA) is 104 Å². The lowest BCUT2D eigenvalue weighted by molar-refractivity contribution is 0.0597. The second-order valence-corrected chi connectivity index (χ2v) is 9.66. The number of benzene rings is 2. The Labute approximate surface area is 183 Å². The van der Waals surface area contributed by atoms with Crippen molar-refractivity contribution in [2.45, 2.75) is 25.7 Å². The number of sulfonamides is 1. The average Bonchev–Trinajstić information content (AvgIpc) is 2.70. The number of methoxy groups -OCH3 is 1. The predicted molar refractivity (Wildman–Crippen MR) is 118 cm³/mol. The summed E-state index contributed by atoms with van der Waals surface area (Å²) >= 11 is 0. The van der Waals surface area contributed by atoms with Gasteiger partial charge in [0.25, 0.3) is 15.9 Å². The number of rotatable bonds is 7. The van der Waals surface area contributed by atoms with Gasteiger partial charge in [0.05, 0.1) is 17.7 Å². The van der Waals surface area contributed by atoms with Crippen LogP contribution in [0.3, 0.4) is 0 Å². The molecule has 0 aromatic heterocycles. The van der Waals surface area contributed by atoms with Gasteiger partial charge in [-0.15, -0.1) is 0 Å². The van der Waals surface area contributed by atoms with Gasteiger partial charge in [0, 0.05) is 26.2 Å². The molecule has 0 aliphatic rings. The number of phenols is 1. The summed E-state index contributed by atoms with van der Waals surface area (Å²) in [6.07, 6.45) is 0. The van der Waals surface area contributed by atoms with E-state index in [4.69, 9.17) is 0 Å². The molecule has 0 saturated heterocycles. The Hall–Kier alpha value is -3.07. The van der Waals surface area contributed by atoms with E-state index in [1.165, 1.54) is 15.3 Å². The van der Waals surface area contributed by atoms with Gasteiger partial charge in [-0.05, 0) is 54.8 Å². The van der Waals surface area contributed by atoms with Crippen LogP contribution in [0.4, 0.5) is 5.69 Å². The summed E-state index contributed by atoms with van der Waals surface area (Å²) in [6.45, 7) is 5.69. The van der Waals surface area contributed by atoms with E-state index in [1.807, 2.05) is 13.8 Å². The van der Waals surface area contributed by atoms with Gasteiger partial charge in [0.15, 0.2) is 0 Å². The van der Waals surface area contributed by atoms with Crippen molar-refractivity contribution in [1.82, 2.24) is 4.90 Å². The number of anilines is 1. The highest BCUT2D eigenvalue weighted by molar-refractivity contribution is 7.92. The number of ether oxygens (including phenoxy) is 1.